The van der Waals surface area contributed by atoms with E-state index in [1.165, 1.54) is 12.0 Å². The van der Waals surface area contributed by atoms with E-state index in [0.29, 0.717) is 12.8 Å². The molecule has 0 unspecified atom stereocenters. The molecule has 1 aromatic carbocycles. The SMILES string of the molecule is COC(=O)[C@H](Cc1c[nH]c2ccc(Br)cc12)NC(=O)CCCc1cccs1. The number of carbonyl (C=O) groups is 2. The molecule has 27 heavy (non-hydrogen) atoms. The molecular weight excluding hydrogens is 428 g/mol. The first kappa shape index (κ1) is 19.6. The van der Waals surface area contributed by atoms with Crippen LogP contribution >= 0.6 is 27.3 Å². The number of nitrogens with one attached hydrogen (secondary N) is 2. The Balaban J connectivity index is 1.63. The van der Waals surface area contributed by atoms with Crippen molar-refractivity contribution in [2.75, 3.05) is 7.11 Å². The van der Waals surface area contributed by atoms with Crippen molar-refractivity contribution in [3.05, 3.63) is 56.8 Å². The molecule has 0 aliphatic rings. The van der Waals surface area contributed by atoms with Gasteiger partial charge in [0.2, 0.25) is 5.91 Å². The average molecular weight is 449 g/mol. The van der Waals surface area contributed by atoms with E-state index in [1.54, 1.807) is 11.3 Å². The van der Waals surface area contributed by atoms with Crippen LogP contribution in [0.3, 0.4) is 0 Å². The molecule has 2 aromatic heterocycles. The largest absolute Gasteiger partial charge is 0.467 e. The Bertz CT molecular complexity index is 921. The fourth-order valence-corrected chi connectivity index (χ4v) is 4.13. The first-order valence-corrected chi connectivity index (χ1v) is 10.4. The number of thiophene rings is 1. The number of methoxy groups -OCH3 is 1. The number of hydrogen-bond donors (Lipinski definition) is 2. The van der Waals surface area contributed by atoms with Crippen LogP contribution < -0.4 is 5.32 Å². The molecule has 0 radical (unpaired) electrons. The summed E-state index contributed by atoms with van der Waals surface area (Å²) < 4.78 is 5.85. The number of benzene rings is 1. The molecule has 0 aliphatic carbocycles. The fraction of sp³-hybridized carbons (Fsp3) is 0.300. The van der Waals surface area contributed by atoms with Crippen LogP contribution in [-0.4, -0.2) is 30.0 Å². The van der Waals surface area contributed by atoms with Gasteiger partial charge in [0.25, 0.3) is 0 Å². The summed E-state index contributed by atoms with van der Waals surface area (Å²) >= 11 is 5.16. The Hall–Kier alpha value is -2.12. The topological polar surface area (TPSA) is 71.2 Å². The van der Waals surface area contributed by atoms with Crippen molar-refractivity contribution in [1.29, 1.82) is 0 Å². The van der Waals surface area contributed by atoms with Gasteiger partial charge in [0.15, 0.2) is 0 Å². The van der Waals surface area contributed by atoms with Crippen molar-refractivity contribution >= 4 is 50.0 Å². The van der Waals surface area contributed by atoms with Gasteiger partial charge in [-0.15, -0.1) is 11.3 Å². The van der Waals surface area contributed by atoms with Gasteiger partial charge < -0.3 is 15.0 Å². The van der Waals surface area contributed by atoms with Gasteiger partial charge in [0, 0.05) is 39.3 Å². The molecule has 1 amide bonds. The molecular formula is C20H21BrN2O3S. The summed E-state index contributed by atoms with van der Waals surface area (Å²) in [6.07, 6.45) is 4.24. The predicted molar refractivity (Wildman–Crippen MR) is 111 cm³/mol. The standard InChI is InChI=1S/C20H21BrN2O3S/c1-26-20(25)18(23-19(24)6-2-4-15-5-3-9-27-15)10-13-12-22-17-8-7-14(21)11-16(13)17/h3,5,7-9,11-12,18,22H,2,4,6,10H2,1H3,(H,23,24)/t18-/m0/s1. The number of amides is 1. The number of aromatic amines is 1. The minimum Gasteiger partial charge on any atom is -0.467 e. The summed E-state index contributed by atoms with van der Waals surface area (Å²) in [5.74, 6) is -0.575. The molecule has 1 atom stereocenters. The zero-order chi connectivity index (χ0) is 19.2. The van der Waals surface area contributed by atoms with E-state index < -0.39 is 12.0 Å². The highest BCUT2D eigenvalue weighted by Crippen LogP contribution is 2.24. The highest BCUT2D eigenvalue weighted by molar-refractivity contribution is 9.10. The lowest BCUT2D eigenvalue weighted by Gasteiger charge is -2.16. The van der Waals surface area contributed by atoms with E-state index in [-0.39, 0.29) is 5.91 Å². The smallest absolute Gasteiger partial charge is 0.328 e. The summed E-state index contributed by atoms with van der Waals surface area (Å²) in [7, 11) is 1.34. The minimum absolute atomic E-state index is 0.136. The molecule has 0 fully saturated rings. The number of ether oxygens (including phenoxy) is 1. The average Bonchev–Trinajstić information content (AvgIpc) is 3.30. The third-order valence-electron chi connectivity index (χ3n) is 4.38. The summed E-state index contributed by atoms with van der Waals surface area (Å²) in [5, 5.41) is 5.88. The Morgan fingerprint density at radius 2 is 2.19 bits per heavy atom. The Labute approximate surface area is 170 Å². The third-order valence-corrected chi connectivity index (χ3v) is 5.81. The number of carbonyl (C=O) groups excluding carboxylic acids is 2. The quantitative estimate of drug-likeness (QED) is 0.506. The first-order valence-electron chi connectivity index (χ1n) is 8.72. The van der Waals surface area contributed by atoms with E-state index in [4.69, 9.17) is 4.74 Å². The van der Waals surface area contributed by atoms with Gasteiger partial charge in [-0.2, -0.15) is 0 Å². The molecule has 0 spiro atoms. The molecule has 142 valence electrons. The van der Waals surface area contributed by atoms with Gasteiger partial charge in [-0.1, -0.05) is 22.0 Å². The van der Waals surface area contributed by atoms with Crippen molar-refractivity contribution in [2.24, 2.45) is 0 Å². The Kier molecular flexibility index (Phi) is 6.68. The van der Waals surface area contributed by atoms with Crippen LogP contribution in [-0.2, 0) is 27.2 Å². The zero-order valence-corrected chi connectivity index (χ0v) is 17.4. The second kappa shape index (κ2) is 9.19. The van der Waals surface area contributed by atoms with Crippen LogP contribution in [0.5, 0.6) is 0 Å². The molecule has 0 saturated carbocycles. The molecule has 0 saturated heterocycles. The first-order chi connectivity index (χ1) is 13.1. The van der Waals surface area contributed by atoms with E-state index in [1.807, 2.05) is 35.8 Å². The monoisotopic (exact) mass is 448 g/mol. The number of halogens is 1. The van der Waals surface area contributed by atoms with Crippen LogP contribution in [0.4, 0.5) is 0 Å². The van der Waals surface area contributed by atoms with Crippen molar-refractivity contribution in [3.8, 4) is 0 Å². The van der Waals surface area contributed by atoms with Crippen molar-refractivity contribution in [3.63, 3.8) is 0 Å². The van der Waals surface area contributed by atoms with Crippen molar-refractivity contribution < 1.29 is 14.3 Å². The fourth-order valence-electron chi connectivity index (χ4n) is 3.02. The molecule has 2 N–H and O–H groups in total. The van der Waals surface area contributed by atoms with E-state index in [2.05, 4.69) is 32.3 Å². The number of hydrogen-bond acceptors (Lipinski definition) is 4. The molecule has 7 heteroatoms. The molecule has 2 heterocycles. The second-order valence-corrected chi connectivity index (χ2v) is 8.23. The highest BCUT2D eigenvalue weighted by Gasteiger charge is 2.23. The van der Waals surface area contributed by atoms with Crippen LogP contribution in [0.15, 0.2) is 46.4 Å². The van der Waals surface area contributed by atoms with Crippen LogP contribution in [0.1, 0.15) is 23.3 Å². The number of aryl methyl sites for hydroxylation is 1. The molecule has 0 aliphatic heterocycles. The van der Waals surface area contributed by atoms with Gasteiger partial charge in [-0.25, -0.2) is 4.79 Å². The number of esters is 1. The van der Waals surface area contributed by atoms with Crippen LogP contribution in [0.25, 0.3) is 10.9 Å². The summed E-state index contributed by atoms with van der Waals surface area (Å²) in [6.45, 7) is 0. The van der Waals surface area contributed by atoms with Gasteiger partial charge in [0.05, 0.1) is 7.11 Å². The third kappa shape index (κ3) is 5.20. The number of fused-ring (bicyclic) bond motifs is 1. The molecule has 0 bridgehead atoms. The molecule has 5 nitrogen and oxygen atoms in total. The van der Waals surface area contributed by atoms with Crippen LogP contribution in [0.2, 0.25) is 0 Å². The van der Waals surface area contributed by atoms with E-state index in [9.17, 15) is 9.59 Å². The second-order valence-electron chi connectivity index (χ2n) is 6.28. The summed E-state index contributed by atoms with van der Waals surface area (Å²) in [5.41, 5.74) is 1.94. The predicted octanol–water partition coefficient (Wildman–Crippen LogP) is 4.22. The lowest BCUT2D eigenvalue weighted by Crippen LogP contribution is -2.43. The Morgan fingerprint density at radius 3 is 2.93 bits per heavy atom. The highest BCUT2D eigenvalue weighted by atomic mass is 79.9. The normalized spacial score (nSPS) is 12.1. The van der Waals surface area contributed by atoms with Crippen molar-refractivity contribution in [1.82, 2.24) is 10.3 Å². The summed E-state index contributed by atoms with van der Waals surface area (Å²) in [4.78, 5) is 29.0. The maximum atomic E-state index is 12.3. The van der Waals surface area contributed by atoms with E-state index >= 15 is 0 Å². The lowest BCUT2D eigenvalue weighted by molar-refractivity contribution is -0.145. The molecule has 3 aromatic rings. The number of rotatable bonds is 8. The van der Waals surface area contributed by atoms with Crippen molar-refractivity contribution in [2.45, 2.75) is 31.7 Å². The van der Waals surface area contributed by atoms with E-state index in [0.717, 1.165) is 33.8 Å². The summed E-state index contributed by atoms with van der Waals surface area (Å²) in [6, 6.07) is 9.29. The van der Waals surface area contributed by atoms with Gasteiger partial charge in [-0.3, -0.25) is 4.79 Å². The zero-order valence-electron chi connectivity index (χ0n) is 15.0. The maximum absolute atomic E-state index is 12.3. The molecule has 3 rings (SSSR count). The maximum Gasteiger partial charge on any atom is 0.328 e. The minimum atomic E-state index is -0.706. The van der Waals surface area contributed by atoms with Gasteiger partial charge in [0.1, 0.15) is 6.04 Å². The number of H-pyrrole nitrogens is 1. The van der Waals surface area contributed by atoms with Gasteiger partial charge >= 0.3 is 5.97 Å². The lowest BCUT2D eigenvalue weighted by atomic mass is 10.0. The number of aromatic nitrogens is 1. The Morgan fingerprint density at radius 1 is 1.33 bits per heavy atom. The van der Waals surface area contributed by atoms with Gasteiger partial charge in [-0.05, 0) is 48.1 Å². The van der Waals surface area contributed by atoms with Crippen LogP contribution in [0, 0.1) is 0 Å².